The van der Waals surface area contributed by atoms with Crippen LogP contribution in [0.4, 0.5) is 0 Å². The number of carbonyl (C=O) groups excluding carboxylic acids is 1. The van der Waals surface area contributed by atoms with Gasteiger partial charge in [-0.1, -0.05) is 27.7 Å². The number of H-pyrrole nitrogens is 1. The Morgan fingerprint density at radius 1 is 0.820 bits per heavy atom. The summed E-state index contributed by atoms with van der Waals surface area (Å²) in [6, 6.07) is 1.48. The maximum absolute atomic E-state index is 11.3. The molecule has 269 valence electrons. The summed E-state index contributed by atoms with van der Waals surface area (Å²) in [5.41, 5.74) is 8.34. The Morgan fingerprint density at radius 3 is 1.52 bits per heavy atom. The van der Waals surface area contributed by atoms with Crippen molar-refractivity contribution in [2.24, 2.45) is 28.2 Å². The molecule has 0 atom stereocenters. The Bertz CT molecular complexity index is 1740. The second kappa shape index (κ2) is 26.8. The largest absolute Gasteiger partial charge is 1.00 e. The van der Waals surface area contributed by atoms with E-state index in [0.717, 1.165) is 51.5 Å². The number of aldehydes is 1. The van der Waals surface area contributed by atoms with Gasteiger partial charge in [0.05, 0.1) is 49.0 Å². The van der Waals surface area contributed by atoms with E-state index in [-0.39, 0.29) is 55.6 Å². The van der Waals surface area contributed by atoms with Crippen LogP contribution in [0.3, 0.4) is 0 Å². The Morgan fingerprint density at radius 2 is 1.24 bits per heavy atom. The van der Waals surface area contributed by atoms with Crippen LogP contribution in [0.1, 0.15) is 57.5 Å². The molecule has 5 aromatic rings. The van der Waals surface area contributed by atoms with E-state index in [1.165, 1.54) is 23.5 Å². The summed E-state index contributed by atoms with van der Waals surface area (Å²) in [4.78, 5) is 44.6. The minimum absolute atomic E-state index is 0. The van der Waals surface area contributed by atoms with Crippen molar-refractivity contribution < 1.29 is 40.9 Å². The summed E-state index contributed by atoms with van der Waals surface area (Å²) >= 11 is 14.3. The zero-order valence-electron chi connectivity index (χ0n) is 30.8. The number of aromatic nitrogens is 10. The molecule has 21 heteroatoms. The molecule has 5 aromatic heterocycles. The first-order valence-corrected chi connectivity index (χ1v) is 23.5. The predicted octanol–water partition coefficient (Wildman–Crippen LogP) is 3.93. The second-order valence-electron chi connectivity index (χ2n) is 10.1. The van der Waals surface area contributed by atoms with Gasteiger partial charge < -0.3 is 29.8 Å². The Hall–Kier alpha value is -0.885. The van der Waals surface area contributed by atoms with E-state index >= 15 is 0 Å². The monoisotopic (exact) mass is 991 g/mol. The molecule has 0 unspecified atom stereocenters. The zero-order chi connectivity index (χ0) is 36.6. The summed E-state index contributed by atoms with van der Waals surface area (Å²) in [6.45, 7) is 9.71. The summed E-state index contributed by atoms with van der Waals surface area (Å²) in [5.74, 6) is 0.707. The number of nitrogens with zero attached hydrogens (tertiary/aromatic N) is 9. The van der Waals surface area contributed by atoms with Crippen LogP contribution in [0.15, 0.2) is 41.3 Å². The molecule has 0 bridgehead atoms. The minimum atomic E-state index is -0.183. The summed E-state index contributed by atoms with van der Waals surface area (Å²) in [7, 11) is 7.72. The van der Waals surface area contributed by atoms with Gasteiger partial charge in [-0.3, -0.25) is 9.59 Å². The Balaban J connectivity index is -0.000000593. The maximum atomic E-state index is 11.3. The van der Waals surface area contributed by atoms with Gasteiger partial charge in [-0.25, -0.2) is 24.9 Å². The van der Waals surface area contributed by atoms with Gasteiger partial charge in [0.1, 0.15) is 9.72 Å². The molecule has 0 aliphatic carbocycles. The van der Waals surface area contributed by atoms with Crippen LogP contribution in [-0.2, 0) is 45.9 Å². The average Bonchev–Trinajstić information content (AvgIpc) is 3.75. The number of nitrogens with one attached hydrogen (secondary N) is 1. The van der Waals surface area contributed by atoms with Crippen molar-refractivity contribution in [1.29, 1.82) is 0 Å². The number of rotatable bonds is 6. The predicted molar refractivity (Wildman–Crippen MR) is 215 cm³/mol. The van der Waals surface area contributed by atoms with E-state index in [4.69, 9.17) is 5.11 Å². The minimum Gasteiger partial charge on any atom is -1.00 e. The standard InChI is InChI=1S/C11H14N4OS.C6H9BrN2.C6H10N2O.C6H8N2O.B.Br3P.Na.H/c1-7-4-10(16)14-11(13-7)17-5-9-8(2)15(3)6-12-9;1-5-6(3-7)8-4-9(5)2;2*1-5-6(3-9)7-4-8(5)2;;1-4(2)3;;/h4,6H,5H2,1-3H3,(H,13,14,16);4H,3H2,1-2H3;4,9H,3H2,1-2H3;3-4H,1-2H3;;;;/q;;;;;;+1;-1. The van der Waals surface area contributed by atoms with Gasteiger partial charge in [0, 0.05) is 82.2 Å². The number of alkyl halides is 1. The van der Waals surface area contributed by atoms with Gasteiger partial charge in [-0.2, -0.15) is 0 Å². The van der Waals surface area contributed by atoms with Crippen LogP contribution in [0, 0.1) is 34.6 Å². The number of carbonyl (C=O) groups is 1. The molecular formula is C29H42BBr4N10NaO3PS. The average molecular weight is 995 g/mol. The van der Waals surface area contributed by atoms with Crippen LogP contribution in [0.2, 0.25) is 0 Å². The van der Waals surface area contributed by atoms with Crippen molar-refractivity contribution in [3.8, 4) is 0 Å². The van der Waals surface area contributed by atoms with E-state index in [0.29, 0.717) is 16.6 Å². The topological polar surface area (TPSA) is 154 Å². The molecule has 0 aliphatic heterocycles. The number of halogens is 4. The molecule has 5 heterocycles. The third-order valence-corrected chi connectivity index (χ3v) is 8.27. The second-order valence-corrected chi connectivity index (χ2v) is 26.9. The fourth-order valence-electron chi connectivity index (χ4n) is 3.43. The molecule has 0 aliphatic rings. The van der Waals surface area contributed by atoms with Crippen molar-refractivity contribution in [3.05, 3.63) is 93.0 Å². The molecule has 0 spiro atoms. The maximum Gasteiger partial charge on any atom is 1.00 e. The van der Waals surface area contributed by atoms with Crippen molar-refractivity contribution in [3.63, 3.8) is 0 Å². The van der Waals surface area contributed by atoms with Gasteiger partial charge in [0.25, 0.3) is 5.56 Å². The smallest absolute Gasteiger partial charge is 1.00 e. The van der Waals surface area contributed by atoms with Gasteiger partial charge >= 0.3 is 29.6 Å². The molecular weight excluding hydrogens is 953 g/mol. The van der Waals surface area contributed by atoms with E-state index in [1.807, 2.05) is 80.5 Å². The molecule has 0 saturated heterocycles. The molecule has 0 fully saturated rings. The number of imidazole rings is 4. The molecule has 0 saturated carbocycles. The molecule has 50 heavy (non-hydrogen) atoms. The number of thioether (sulfide) groups is 1. The number of hydrogen-bond donors (Lipinski definition) is 2. The van der Waals surface area contributed by atoms with Crippen LogP contribution in [0.5, 0.6) is 0 Å². The van der Waals surface area contributed by atoms with Crippen molar-refractivity contribution >= 4 is 92.9 Å². The molecule has 2 N–H and O–H groups in total. The molecule has 13 nitrogen and oxygen atoms in total. The third-order valence-electron chi connectivity index (χ3n) is 6.85. The fraction of sp³-hybridized carbons (Fsp3) is 0.414. The summed E-state index contributed by atoms with van der Waals surface area (Å²) in [6.07, 6.45) is 7.69. The SMILES string of the molecule is BrP(Br)Br.Cc1c(C=O)ncn1C.Cc1c(CBr)ncn1C.Cc1c(CO)ncn1C.Cc1cc(=O)[nH]c(SCc2ncn(C)c2C)n1.[B].[H-].[Na+]. The van der Waals surface area contributed by atoms with E-state index in [9.17, 15) is 9.59 Å². The van der Waals surface area contributed by atoms with Crippen LogP contribution in [-0.4, -0.2) is 68.0 Å². The van der Waals surface area contributed by atoms with Crippen LogP contribution >= 0.6 is 78.2 Å². The number of aryl methyl sites for hydroxylation is 5. The number of aromatic amines is 1. The van der Waals surface area contributed by atoms with Gasteiger partial charge in [-0.15, -0.1) is 0 Å². The zero-order valence-corrected chi connectivity index (χ0v) is 39.9. The van der Waals surface area contributed by atoms with Gasteiger partial charge in [0.15, 0.2) is 11.4 Å². The first-order chi connectivity index (χ1) is 22.6. The normalized spacial score (nSPS) is 9.74. The third kappa shape index (κ3) is 18.2. The quantitative estimate of drug-likeness (QED) is 0.0644. The van der Waals surface area contributed by atoms with E-state index in [1.54, 1.807) is 19.0 Å². The summed E-state index contributed by atoms with van der Waals surface area (Å²) in [5, 5.41) is 10.1. The van der Waals surface area contributed by atoms with Gasteiger partial charge in [0.2, 0.25) is 0 Å². The number of hydrogen-bond acceptors (Lipinski definition) is 9. The Labute approximate surface area is 357 Å². The van der Waals surface area contributed by atoms with Crippen LogP contribution in [0.25, 0.3) is 0 Å². The van der Waals surface area contributed by atoms with Gasteiger partial charge in [-0.05, 0) is 81.1 Å². The first-order valence-electron chi connectivity index (χ1n) is 14.0. The number of aliphatic hydroxyl groups is 1. The number of aliphatic hydroxyl groups excluding tert-OH is 1. The molecule has 3 radical (unpaired) electrons. The summed E-state index contributed by atoms with van der Waals surface area (Å²) < 4.78 is 7.49. The van der Waals surface area contributed by atoms with Crippen molar-refractivity contribution in [2.75, 3.05) is 0 Å². The molecule has 0 aromatic carbocycles. The molecule has 0 amide bonds. The first kappa shape index (κ1) is 51.2. The Kier molecular flexibility index (Phi) is 27.5. The fourth-order valence-corrected chi connectivity index (χ4v) is 4.92. The van der Waals surface area contributed by atoms with Crippen LogP contribution < -0.4 is 35.1 Å². The van der Waals surface area contributed by atoms with E-state index < -0.39 is 0 Å². The molecule has 5 rings (SSSR count). The van der Waals surface area contributed by atoms with Crippen molar-refractivity contribution in [2.45, 2.75) is 57.5 Å². The van der Waals surface area contributed by atoms with Crippen molar-refractivity contribution in [1.82, 2.24) is 48.2 Å². The van der Waals surface area contributed by atoms with E-state index in [2.05, 4.69) is 99.2 Å².